The maximum Gasteiger partial charge on any atom is 0.401 e. The predicted molar refractivity (Wildman–Crippen MR) is 126 cm³/mol. The van der Waals surface area contributed by atoms with Gasteiger partial charge in [0.1, 0.15) is 0 Å². The van der Waals surface area contributed by atoms with E-state index in [4.69, 9.17) is 0 Å². The molecule has 9 nitrogen and oxygen atoms in total. The number of rotatable bonds is 6. The minimum Gasteiger partial charge on any atom is -0.356 e. The first-order chi connectivity index (χ1) is 14.8. The molecule has 3 heterocycles. The molecule has 2 N–H and O–H groups in total. The second kappa shape index (κ2) is 12.4. The fraction of sp³-hybridized carbons (Fsp3) is 0.684. The van der Waals surface area contributed by atoms with Crippen molar-refractivity contribution in [2.45, 2.75) is 25.1 Å². The van der Waals surface area contributed by atoms with Crippen LogP contribution in [0.2, 0.25) is 0 Å². The molecule has 2 aliphatic heterocycles. The summed E-state index contributed by atoms with van der Waals surface area (Å²) in [5.41, 5.74) is 0. The highest BCUT2D eigenvalue weighted by Gasteiger charge is 2.34. The Morgan fingerprint density at radius 3 is 2.50 bits per heavy atom. The number of halogens is 4. The first kappa shape index (κ1) is 26.4. The SMILES string of the molecule is CN=C(NCCC(=O)N1CCN(c2ncccn2)CC1)NC1CCN(CC(F)(F)F)C1.I. The van der Waals surface area contributed by atoms with E-state index in [0.29, 0.717) is 70.6 Å². The van der Waals surface area contributed by atoms with Gasteiger partial charge in [-0.1, -0.05) is 0 Å². The Labute approximate surface area is 202 Å². The van der Waals surface area contributed by atoms with Gasteiger partial charge in [-0.2, -0.15) is 13.2 Å². The molecule has 1 unspecified atom stereocenters. The molecule has 1 aromatic rings. The van der Waals surface area contributed by atoms with Crippen LogP contribution in [0.25, 0.3) is 0 Å². The molecule has 0 aliphatic carbocycles. The molecule has 32 heavy (non-hydrogen) atoms. The lowest BCUT2D eigenvalue weighted by Crippen LogP contribution is -2.50. The van der Waals surface area contributed by atoms with Gasteiger partial charge < -0.3 is 20.4 Å². The van der Waals surface area contributed by atoms with Gasteiger partial charge in [-0.05, 0) is 12.5 Å². The number of carbonyl (C=O) groups is 1. The molecule has 0 radical (unpaired) electrons. The van der Waals surface area contributed by atoms with Crippen LogP contribution in [0.3, 0.4) is 0 Å². The molecule has 0 spiro atoms. The molecule has 0 saturated carbocycles. The van der Waals surface area contributed by atoms with Gasteiger partial charge in [-0.25, -0.2) is 9.97 Å². The number of aromatic nitrogens is 2. The zero-order valence-corrected chi connectivity index (χ0v) is 20.3. The molecule has 0 aromatic carbocycles. The van der Waals surface area contributed by atoms with Crippen LogP contribution in [0, 0.1) is 0 Å². The fourth-order valence-electron chi connectivity index (χ4n) is 3.79. The monoisotopic (exact) mass is 570 g/mol. The standard InChI is InChI=1S/C19H29F3N8O.HI/c1-23-17(27-15-4-8-28(13-15)14-19(20,21)22)24-7-3-16(31)29-9-11-30(12-10-29)18-25-5-2-6-26-18;/h2,5-6,15H,3-4,7-14H2,1H3,(H2,23,24,27);1H. The molecule has 1 amide bonds. The van der Waals surface area contributed by atoms with E-state index in [9.17, 15) is 18.0 Å². The van der Waals surface area contributed by atoms with Gasteiger partial charge in [0.05, 0.1) is 6.54 Å². The van der Waals surface area contributed by atoms with Crippen LogP contribution in [0.5, 0.6) is 0 Å². The summed E-state index contributed by atoms with van der Waals surface area (Å²) in [6.45, 7) is 2.81. The Morgan fingerprint density at radius 1 is 1.19 bits per heavy atom. The lowest BCUT2D eigenvalue weighted by Gasteiger charge is -2.34. The number of alkyl halides is 3. The summed E-state index contributed by atoms with van der Waals surface area (Å²) in [6.07, 6.45) is 0.144. The van der Waals surface area contributed by atoms with Crippen LogP contribution in [0.4, 0.5) is 19.1 Å². The molecular formula is C19H30F3IN8O. The van der Waals surface area contributed by atoms with Gasteiger partial charge in [0, 0.05) is 77.7 Å². The van der Waals surface area contributed by atoms with E-state index < -0.39 is 12.7 Å². The summed E-state index contributed by atoms with van der Waals surface area (Å²) >= 11 is 0. The third-order valence-corrected chi connectivity index (χ3v) is 5.34. The smallest absolute Gasteiger partial charge is 0.356 e. The molecule has 1 atom stereocenters. The van der Waals surface area contributed by atoms with Crippen LogP contribution in [-0.2, 0) is 4.79 Å². The van der Waals surface area contributed by atoms with Gasteiger partial charge >= 0.3 is 6.18 Å². The molecule has 2 fully saturated rings. The third kappa shape index (κ3) is 8.22. The van der Waals surface area contributed by atoms with Crippen molar-refractivity contribution in [3.8, 4) is 0 Å². The van der Waals surface area contributed by atoms with Crippen molar-refractivity contribution < 1.29 is 18.0 Å². The van der Waals surface area contributed by atoms with Crippen LogP contribution in [-0.4, -0.2) is 103 Å². The maximum absolute atomic E-state index is 12.5. The zero-order chi connectivity index (χ0) is 22.3. The first-order valence-corrected chi connectivity index (χ1v) is 10.4. The quantitative estimate of drug-likeness (QED) is 0.299. The van der Waals surface area contributed by atoms with Crippen molar-refractivity contribution in [2.75, 3.05) is 64.3 Å². The molecule has 2 aliphatic rings. The normalized spacial score (nSPS) is 20.1. The number of carbonyl (C=O) groups excluding carboxylic acids is 1. The van der Waals surface area contributed by atoms with E-state index in [1.54, 1.807) is 25.5 Å². The molecule has 2 saturated heterocycles. The largest absolute Gasteiger partial charge is 0.401 e. The number of likely N-dealkylation sites (tertiary alicyclic amines) is 1. The van der Waals surface area contributed by atoms with E-state index in [0.717, 1.165) is 0 Å². The van der Waals surface area contributed by atoms with E-state index in [1.165, 1.54) is 4.90 Å². The molecule has 1 aromatic heterocycles. The number of hydrogen-bond donors (Lipinski definition) is 2. The predicted octanol–water partition coefficient (Wildman–Crippen LogP) is 0.935. The Bertz CT molecular complexity index is 744. The van der Waals surface area contributed by atoms with Crippen molar-refractivity contribution in [1.82, 2.24) is 30.4 Å². The van der Waals surface area contributed by atoms with Gasteiger partial charge in [-0.15, -0.1) is 24.0 Å². The molecule has 0 bridgehead atoms. The number of amides is 1. The second-order valence-electron chi connectivity index (χ2n) is 7.65. The number of guanidine groups is 1. The highest BCUT2D eigenvalue weighted by Crippen LogP contribution is 2.19. The topological polar surface area (TPSA) is 89.0 Å². The first-order valence-electron chi connectivity index (χ1n) is 10.4. The second-order valence-corrected chi connectivity index (χ2v) is 7.65. The number of piperazine rings is 1. The van der Waals surface area contributed by atoms with E-state index in [1.807, 2.05) is 4.90 Å². The van der Waals surface area contributed by atoms with Gasteiger partial charge in [-0.3, -0.25) is 14.7 Å². The van der Waals surface area contributed by atoms with Crippen molar-refractivity contribution >= 4 is 41.8 Å². The van der Waals surface area contributed by atoms with Crippen LogP contribution in [0.15, 0.2) is 23.5 Å². The average Bonchev–Trinajstić information content (AvgIpc) is 3.18. The molecular weight excluding hydrogens is 540 g/mol. The summed E-state index contributed by atoms with van der Waals surface area (Å²) in [5.74, 6) is 1.22. The van der Waals surface area contributed by atoms with Crippen LogP contribution >= 0.6 is 24.0 Å². The zero-order valence-electron chi connectivity index (χ0n) is 18.0. The highest BCUT2D eigenvalue weighted by atomic mass is 127. The highest BCUT2D eigenvalue weighted by molar-refractivity contribution is 14.0. The molecule has 180 valence electrons. The van der Waals surface area contributed by atoms with E-state index in [2.05, 4.69) is 30.5 Å². The van der Waals surface area contributed by atoms with Crippen molar-refractivity contribution in [1.29, 1.82) is 0 Å². The molecule has 3 rings (SSSR count). The molecule has 13 heteroatoms. The van der Waals surface area contributed by atoms with E-state index >= 15 is 0 Å². The average molecular weight is 570 g/mol. The van der Waals surface area contributed by atoms with Crippen LogP contribution in [0.1, 0.15) is 12.8 Å². The van der Waals surface area contributed by atoms with Gasteiger partial charge in [0.2, 0.25) is 11.9 Å². The Kier molecular flexibility index (Phi) is 10.2. The summed E-state index contributed by atoms with van der Waals surface area (Å²) in [4.78, 5) is 30.3. The third-order valence-electron chi connectivity index (χ3n) is 5.34. The number of anilines is 1. The van der Waals surface area contributed by atoms with Crippen molar-refractivity contribution in [2.24, 2.45) is 4.99 Å². The lowest BCUT2D eigenvalue weighted by molar-refractivity contribution is -0.143. The number of aliphatic imine (C=N–C) groups is 1. The Morgan fingerprint density at radius 2 is 1.88 bits per heavy atom. The Balaban J connectivity index is 0.00000363. The summed E-state index contributed by atoms with van der Waals surface area (Å²) in [5, 5.41) is 6.23. The number of nitrogens with one attached hydrogen (secondary N) is 2. The lowest BCUT2D eigenvalue weighted by atomic mass is 10.2. The van der Waals surface area contributed by atoms with Gasteiger partial charge in [0.25, 0.3) is 0 Å². The Hall–Kier alpha value is -1.90. The maximum atomic E-state index is 12.5. The van der Waals surface area contributed by atoms with Crippen molar-refractivity contribution in [3.63, 3.8) is 0 Å². The summed E-state index contributed by atoms with van der Waals surface area (Å²) in [7, 11) is 1.60. The van der Waals surface area contributed by atoms with Gasteiger partial charge in [0.15, 0.2) is 5.96 Å². The minimum atomic E-state index is -4.19. The van der Waals surface area contributed by atoms with E-state index in [-0.39, 0.29) is 35.9 Å². The summed E-state index contributed by atoms with van der Waals surface area (Å²) < 4.78 is 37.6. The fourth-order valence-corrected chi connectivity index (χ4v) is 3.79. The minimum absolute atomic E-state index is 0. The number of hydrogen-bond acceptors (Lipinski definition) is 6. The summed E-state index contributed by atoms with van der Waals surface area (Å²) in [6, 6.07) is 1.67. The van der Waals surface area contributed by atoms with Crippen molar-refractivity contribution in [3.05, 3.63) is 18.5 Å². The van der Waals surface area contributed by atoms with Crippen LogP contribution < -0.4 is 15.5 Å². The number of nitrogens with zero attached hydrogens (tertiary/aromatic N) is 6.